The van der Waals surface area contributed by atoms with Gasteiger partial charge in [0.05, 0.1) is 4.99 Å². The van der Waals surface area contributed by atoms with Gasteiger partial charge in [-0.1, -0.05) is 18.3 Å². The maximum absolute atomic E-state index is 5.62. The minimum absolute atomic E-state index is 0.582. The highest BCUT2D eigenvalue weighted by Gasteiger charge is 2.30. The SMILES string of the molecule is NC(=S)CCN(c1cccc2nccn12)C1CC1. The molecule has 1 aliphatic carbocycles. The van der Waals surface area contributed by atoms with Crippen molar-refractivity contribution in [1.29, 1.82) is 0 Å². The van der Waals surface area contributed by atoms with Gasteiger partial charge >= 0.3 is 0 Å². The number of hydrogen-bond donors (Lipinski definition) is 1. The molecule has 2 aromatic rings. The minimum Gasteiger partial charge on any atom is -0.393 e. The molecule has 0 bridgehead atoms. The van der Waals surface area contributed by atoms with Crippen LogP contribution in [0, 0.1) is 0 Å². The summed E-state index contributed by atoms with van der Waals surface area (Å²) in [6, 6.07) is 6.83. The second kappa shape index (κ2) is 4.57. The van der Waals surface area contributed by atoms with Crippen molar-refractivity contribution in [1.82, 2.24) is 9.38 Å². The van der Waals surface area contributed by atoms with Crippen molar-refractivity contribution in [2.75, 3.05) is 11.4 Å². The molecule has 0 unspecified atom stereocenters. The van der Waals surface area contributed by atoms with Crippen LogP contribution in [-0.4, -0.2) is 27.0 Å². The second-order valence-electron chi connectivity index (χ2n) is 4.68. The number of nitrogens with two attached hydrogens (primary N) is 1. The molecule has 5 heteroatoms. The van der Waals surface area contributed by atoms with Crippen LogP contribution >= 0.6 is 12.2 Å². The molecule has 1 fully saturated rings. The molecule has 94 valence electrons. The van der Waals surface area contributed by atoms with E-state index in [0.717, 1.165) is 18.6 Å². The van der Waals surface area contributed by atoms with Gasteiger partial charge in [-0.05, 0) is 25.0 Å². The van der Waals surface area contributed by atoms with Crippen molar-refractivity contribution < 1.29 is 0 Å². The van der Waals surface area contributed by atoms with Crippen LogP contribution in [0.25, 0.3) is 5.65 Å². The Hall–Kier alpha value is -1.62. The number of rotatable bonds is 5. The van der Waals surface area contributed by atoms with E-state index < -0.39 is 0 Å². The molecule has 0 aromatic carbocycles. The third-order valence-electron chi connectivity index (χ3n) is 3.29. The smallest absolute Gasteiger partial charge is 0.138 e. The first kappa shape index (κ1) is 11.5. The number of thiocarbonyl (C=S) groups is 1. The highest BCUT2D eigenvalue weighted by molar-refractivity contribution is 7.80. The highest BCUT2D eigenvalue weighted by atomic mass is 32.1. The molecule has 0 atom stereocenters. The summed E-state index contributed by atoms with van der Waals surface area (Å²) in [4.78, 5) is 7.30. The normalized spacial score (nSPS) is 14.9. The average Bonchev–Trinajstić information content (AvgIpc) is 3.06. The molecular weight excluding hydrogens is 244 g/mol. The summed E-state index contributed by atoms with van der Waals surface area (Å²) in [7, 11) is 0. The number of aromatic nitrogens is 2. The number of pyridine rings is 1. The fourth-order valence-electron chi connectivity index (χ4n) is 2.27. The van der Waals surface area contributed by atoms with Crippen molar-refractivity contribution in [2.45, 2.75) is 25.3 Å². The fourth-order valence-corrected chi connectivity index (χ4v) is 2.36. The third kappa shape index (κ3) is 2.18. The monoisotopic (exact) mass is 260 g/mol. The van der Waals surface area contributed by atoms with Gasteiger partial charge in [0.25, 0.3) is 0 Å². The lowest BCUT2D eigenvalue weighted by atomic mass is 10.3. The van der Waals surface area contributed by atoms with Gasteiger partial charge in [-0.15, -0.1) is 0 Å². The third-order valence-corrected chi connectivity index (χ3v) is 3.49. The van der Waals surface area contributed by atoms with Crippen LogP contribution in [0.5, 0.6) is 0 Å². The quantitative estimate of drug-likeness (QED) is 0.835. The van der Waals surface area contributed by atoms with Crippen LogP contribution in [0.15, 0.2) is 30.6 Å². The minimum atomic E-state index is 0.582. The highest BCUT2D eigenvalue weighted by Crippen LogP contribution is 2.31. The van der Waals surface area contributed by atoms with Crippen molar-refractivity contribution >= 4 is 28.7 Å². The Morgan fingerprint density at radius 3 is 3.06 bits per heavy atom. The van der Waals surface area contributed by atoms with E-state index in [1.807, 2.05) is 24.5 Å². The summed E-state index contributed by atoms with van der Waals surface area (Å²) in [5, 5.41) is 0. The molecule has 0 aliphatic heterocycles. The van der Waals surface area contributed by atoms with Crippen LogP contribution in [0.3, 0.4) is 0 Å². The van der Waals surface area contributed by atoms with Gasteiger partial charge in [0.1, 0.15) is 11.5 Å². The van der Waals surface area contributed by atoms with Crippen molar-refractivity contribution in [3.8, 4) is 0 Å². The fraction of sp³-hybridized carbons (Fsp3) is 0.385. The predicted molar refractivity (Wildman–Crippen MR) is 77.0 cm³/mol. The predicted octanol–water partition coefficient (Wildman–Crippen LogP) is 1.98. The molecule has 0 saturated heterocycles. The van der Waals surface area contributed by atoms with Gasteiger partial charge in [-0.25, -0.2) is 4.98 Å². The molecule has 4 nitrogen and oxygen atoms in total. The van der Waals surface area contributed by atoms with Crippen LogP contribution in [0.4, 0.5) is 5.82 Å². The second-order valence-corrected chi connectivity index (χ2v) is 5.20. The molecule has 1 saturated carbocycles. The molecule has 0 radical (unpaired) electrons. The van der Waals surface area contributed by atoms with Gasteiger partial charge in [0, 0.05) is 31.4 Å². The lowest BCUT2D eigenvalue weighted by Crippen LogP contribution is -2.31. The van der Waals surface area contributed by atoms with Gasteiger partial charge in [-0.2, -0.15) is 0 Å². The van der Waals surface area contributed by atoms with Crippen LogP contribution in [0.2, 0.25) is 0 Å². The summed E-state index contributed by atoms with van der Waals surface area (Å²) >= 11 is 4.98. The molecule has 1 aliphatic rings. The lowest BCUT2D eigenvalue weighted by molar-refractivity contribution is 0.778. The first-order chi connectivity index (χ1) is 8.75. The maximum Gasteiger partial charge on any atom is 0.138 e. The number of anilines is 1. The summed E-state index contributed by atoms with van der Waals surface area (Å²) in [5.41, 5.74) is 6.60. The van der Waals surface area contributed by atoms with Gasteiger partial charge in [0.2, 0.25) is 0 Å². The van der Waals surface area contributed by atoms with Gasteiger partial charge in [0.15, 0.2) is 0 Å². The molecule has 2 aromatic heterocycles. The van der Waals surface area contributed by atoms with E-state index in [0.29, 0.717) is 11.0 Å². The molecule has 18 heavy (non-hydrogen) atoms. The van der Waals surface area contributed by atoms with E-state index in [2.05, 4.69) is 20.4 Å². The van der Waals surface area contributed by atoms with Crippen LogP contribution < -0.4 is 10.6 Å². The zero-order chi connectivity index (χ0) is 12.5. The van der Waals surface area contributed by atoms with E-state index in [1.54, 1.807) is 0 Å². The average molecular weight is 260 g/mol. The van der Waals surface area contributed by atoms with Gasteiger partial charge in [-0.3, -0.25) is 4.40 Å². The summed E-state index contributed by atoms with van der Waals surface area (Å²) < 4.78 is 2.12. The van der Waals surface area contributed by atoms with Crippen LogP contribution in [-0.2, 0) is 0 Å². The molecular formula is C13H16N4S. The first-order valence-electron chi connectivity index (χ1n) is 6.23. The number of imidazole rings is 1. The topological polar surface area (TPSA) is 46.6 Å². The molecule has 3 rings (SSSR count). The van der Waals surface area contributed by atoms with E-state index in [4.69, 9.17) is 18.0 Å². The first-order valence-corrected chi connectivity index (χ1v) is 6.63. The Morgan fingerprint density at radius 1 is 1.50 bits per heavy atom. The number of hydrogen-bond acceptors (Lipinski definition) is 3. The standard InChI is InChI=1S/C13H16N4S/c14-11(18)6-8-16(10-4-5-10)13-3-1-2-12-15-7-9-17(12)13/h1-3,7,9-10H,4-6,8H2,(H2,14,18). The van der Waals surface area contributed by atoms with E-state index in [-0.39, 0.29) is 0 Å². The Balaban J connectivity index is 1.93. The lowest BCUT2D eigenvalue weighted by Gasteiger charge is -2.25. The molecule has 2 heterocycles. The van der Waals surface area contributed by atoms with E-state index >= 15 is 0 Å². The molecule has 2 N–H and O–H groups in total. The van der Waals surface area contributed by atoms with Crippen molar-refractivity contribution in [2.24, 2.45) is 5.73 Å². The summed E-state index contributed by atoms with van der Waals surface area (Å²) in [6.07, 6.45) is 7.10. The van der Waals surface area contributed by atoms with E-state index in [1.165, 1.54) is 18.7 Å². The van der Waals surface area contributed by atoms with E-state index in [9.17, 15) is 0 Å². The van der Waals surface area contributed by atoms with Crippen molar-refractivity contribution in [3.05, 3.63) is 30.6 Å². The molecule has 0 amide bonds. The maximum atomic E-state index is 5.62. The Labute approximate surface area is 111 Å². The summed E-state index contributed by atoms with van der Waals surface area (Å²) in [5.74, 6) is 1.18. The number of nitrogens with zero attached hydrogens (tertiary/aromatic N) is 3. The van der Waals surface area contributed by atoms with Crippen molar-refractivity contribution in [3.63, 3.8) is 0 Å². The van der Waals surface area contributed by atoms with Gasteiger partial charge < -0.3 is 10.6 Å². The zero-order valence-corrected chi connectivity index (χ0v) is 10.9. The Kier molecular flexibility index (Phi) is 2.91. The Bertz CT molecular complexity index is 573. The zero-order valence-electron chi connectivity index (χ0n) is 10.1. The largest absolute Gasteiger partial charge is 0.393 e. The summed E-state index contributed by atoms with van der Waals surface area (Å²) in [6.45, 7) is 0.886. The number of fused-ring (bicyclic) bond motifs is 1. The Morgan fingerprint density at radius 2 is 2.33 bits per heavy atom. The van der Waals surface area contributed by atoms with Crippen LogP contribution in [0.1, 0.15) is 19.3 Å². The molecule has 0 spiro atoms.